The van der Waals surface area contributed by atoms with Crippen molar-refractivity contribution >= 4 is 0 Å². The lowest BCUT2D eigenvalue weighted by molar-refractivity contribution is 0.296. The van der Waals surface area contributed by atoms with Crippen molar-refractivity contribution in [1.82, 2.24) is 5.32 Å². The summed E-state index contributed by atoms with van der Waals surface area (Å²) in [5.41, 5.74) is 1.08. The average molecular weight is 275 g/mol. The Kier molecular flexibility index (Phi) is 7.60. The van der Waals surface area contributed by atoms with Crippen LogP contribution in [0.1, 0.15) is 32.8 Å². The first-order chi connectivity index (χ1) is 9.69. The Morgan fingerprint density at radius 1 is 1.30 bits per heavy atom. The number of hydrogen-bond donors (Lipinski definition) is 1. The lowest BCUT2D eigenvalue weighted by Gasteiger charge is -2.15. The average Bonchev–Trinajstić information content (AvgIpc) is 2.43. The summed E-state index contributed by atoms with van der Waals surface area (Å²) in [5.74, 6) is 4.71. The molecule has 0 radical (unpaired) electrons. The fraction of sp³-hybridized carbons (Fsp3) is 0.529. The van der Waals surface area contributed by atoms with Crippen molar-refractivity contribution in [2.45, 2.75) is 33.7 Å². The van der Waals surface area contributed by atoms with Gasteiger partial charge in [0.25, 0.3) is 0 Å². The van der Waals surface area contributed by atoms with Gasteiger partial charge in [-0.25, -0.2) is 0 Å². The number of terminal acetylenes is 1. The molecule has 1 aromatic rings. The van der Waals surface area contributed by atoms with Crippen molar-refractivity contribution in [2.24, 2.45) is 5.92 Å². The van der Waals surface area contributed by atoms with Gasteiger partial charge in [0.15, 0.2) is 11.5 Å². The molecule has 0 aliphatic rings. The van der Waals surface area contributed by atoms with E-state index in [1.165, 1.54) is 0 Å². The molecule has 0 saturated heterocycles. The summed E-state index contributed by atoms with van der Waals surface area (Å²) >= 11 is 0. The molecule has 0 aliphatic heterocycles. The molecule has 1 aromatic carbocycles. The zero-order valence-corrected chi connectivity index (χ0v) is 12.7. The van der Waals surface area contributed by atoms with Crippen LogP contribution in [0.4, 0.5) is 0 Å². The molecule has 0 bridgehead atoms. The minimum Gasteiger partial charge on any atom is -0.490 e. The molecule has 0 amide bonds. The predicted octanol–water partition coefficient (Wildman–Crippen LogP) is 3.23. The fourth-order valence-electron chi connectivity index (χ4n) is 1.86. The Morgan fingerprint density at radius 3 is 2.75 bits per heavy atom. The van der Waals surface area contributed by atoms with Crippen molar-refractivity contribution in [3.8, 4) is 23.8 Å². The van der Waals surface area contributed by atoms with Crippen molar-refractivity contribution in [1.29, 1.82) is 0 Å². The van der Waals surface area contributed by atoms with Crippen LogP contribution in [0.15, 0.2) is 18.2 Å². The van der Waals surface area contributed by atoms with Crippen LogP contribution in [-0.4, -0.2) is 19.8 Å². The number of nitrogens with one attached hydrogen (secondary N) is 1. The maximum absolute atomic E-state index is 5.65. The third-order valence-electron chi connectivity index (χ3n) is 2.87. The van der Waals surface area contributed by atoms with Crippen LogP contribution in [0.2, 0.25) is 0 Å². The molecule has 3 heteroatoms. The van der Waals surface area contributed by atoms with E-state index in [4.69, 9.17) is 15.9 Å². The highest BCUT2D eigenvalue weighted by Crippen LogP contribution is 2.31. The van der Waals surface area contributed by atoms with Crippen molar-refractivity contribution in [3.05, 3.63) is 23.8 Å². The topological polar surface area (TPSA) is 30.5 Å². The van der Waals surface area contributed by atoms with Gasteiger partial charge >= 0.3 is 0 Å². The Labute approximate surface area is 122 Å². The van der Waals surface area contributed by atoms with Gasteiger partial charge in [-0.3, -0.25) is 0 Å². The van der Waals surface area contributed by atoms with E-state index < -0.39 is 0 Å². The molecule has 3 nitrogen and oxygen atoms in total. The molecule has 0 spiro atoms. The van der Waals surface area contributed by atoms with Crippen LogP contribution in [0.25, 0.3) is 0 Å². The van der Waals surface area contributed by atoms with E-state index >= 15 is 0 Å². The van der Waals surface area contributed by atoms with Gasteiger partial charge in [0.2, 0.25) is 0 Å². The molecule has 0 unspecified atom stereocenters. The molecule has 0 aliphatic carbocycles. The molecule has 0 aromatic heterocycles. The Bertz CT molecular complexity index is 435. The van der Waals surface area contributed by atoms with Crippen molar-refractivity contribution < 1.29 is 9.47 Å². The highest BCUT2D eigenvalue weighted by atomic mass is 16.5. The highest BCUT2D eigenvalue weighted by molar-refractivity contribution is 5.46. The number of hydrogen-bond acceptors (Lipinski definition) is 3. The van der Waals surface area contributed by atoms with Crippen LogP contribution in [0.5, 0.6) is 11.5 Å². The van der Waals surface area contributed by atoms with E-state index in [9.17, 15) is 0 Å². The molecule has 0 atom stereocenters. The molecule has 1 N–H and O–H groups in total. The Morgan fingerprint density at radius 2 is 2.10 bits per heavy atom. The van der Waals surface area contributed by atoms with E-state index in [0.29, 0.717) is 12.5 Å². The lowest BCUT2D eigenvalue weighted by Crippen LogP contribution is -2.17. The summed E-state index contributed by atoms with van der Waals surface area (Å²) in [5, 5.41) is 3.43. The Hall–Kier alpha value is -1.66. The SMILES string of the molecule is C#CCOc1c(CNCCC(C)C)cccc1OCC. The number of rotatable bonds is 9. The number of benzene rings is 1. The van der Waals surface area contributed by atoms with Crippen LogP contribution in [-0.2, 0) is 6.54 Å². The second-order valence-corrected chi connectivity index (χ2v) is 5.03. The van der Waals surface area contributed by atoms with E-state index in [2.05, 4.69) is 25.1 Å². The summed E-state index contributed by atoms with van der Waals surface area (Å²) < 4.78 is 11.2. The van der Waals surface area contributed by atoms with Gasteiger partial charge in [-0.2, -0.15) is 0 Å². The lowest BCUT2D eigenvalue weighted by atomic mass is 10.1. The maximum Gasteiger partial charge on any atom is 0.167 e. The molecule has 20 heavy (non-hydrogen) atoms. The maximum atomic E-state index is 5.65. The van der Waals surface area contributed by atoms with Gasteiger partial charge in [-0.05, 0) is 31.9 Å². The quantitative estimate of drug-likeness (QED) is 0.554. The Balaban J connectivity index is 2.71. The third-order valence-corrected chi connectivity index (χ3v) is 2.87. The van der Waals surface area contributed by atoms with Crippen molar-refractivity contribution in [3.63, 3.8) is 0 Å². The molecule has 1 rings (SSSR count). The molecule has 0 fully saturated rings. The molecular formula is C17H25NO2. The first-order valence-electron chi connectivity index (χ1n) is 7.20. The first-order valence-corrected chi connectivity index (χ1v) is 7.20. The summed E-state index contributed by atoms with van der Waals surface area (Å²) in [6.07, 6.45) is 6.43. The van der Waals surface area contributed by atoms with Gasteiger partial charge in [0, 0.05) is 12.1 Å². The number of ether oxygens (including phenoxy) is 2. The van der Waals surface area contributed by atoms with Crippen molar-refractivity contribution in [2.75, 3.05) is 19.8 Å². The van der Waals surface area contributed by atoms with Crippen LogP contribution >= 0.6 is 0 Å². The zero-order chi connectivity index (χ0) is 14.8. The van der Waals surface area contributed by atoms with Gasteiger partial charge < -0.3 is 14.8 Å². The second-order valence-electron chi connectivity index (χ2n) is 5.03. The van der Waals surface area contributed by atoms with Crippen LogP contribution < -0.4 is 14.8 Å². The zero-order valence-electron chi connectivity index (χ0n) is 12.7. The minimum atomic E-state index is 0.253. The van der Waals surface area contributed by atoms with E-state index in [1.54, 1.807) is 0 Å². The van der Waals surface area contributed by atoms with Gasteiger partial charge in [-0.1, -0.05) is 31.9 Å². The van der Waals surface area contributed by atoms with E-state index in [1.807, 2.05) is 25.1 Å². The summed E-state index contributed by atoms with van der Waals surface area (Å²) in [6.45, 7) is 9.01. The molecule has 0 heterocycles. The predicted molar refractivity (Wildman–Crippen MR) is 83.1 cm³/mol. The van der Waals surface area contributed by atoms with Crippen LogP contribution in [0, 0.1) is 18.3 Å². The van der Waals surface area contributed by atoms with E-state index in [0.717, 1.165) is 36.6 Å². The standard InChI is InChI=1S/C17H25NO2/c1-5-12-20-17-15(13-18-11-10-14(3)4)8-7-9-16(17)19-6-2/h1,7-9,14,18H,6,10-13H2,2-4H3. The third kappa shape index (κ3) is 5.54. The van der Waals surface area contributed by atoms with Crippen LogP contribution in [0.3, 0.4) is 0 Å². The molecular weight excluding hydrogens is 250 g/mol. The first kappa shape index (κ1) is 16.4. The summed E-state index contributed by atoms with van der Waals surface area (Å²) in [7, 11) is 0. The number of para-hydroxylation sites is 1. The minimum absolute atomic E-state index is 0.253. The molecule has 110 valence electrons. The monoisotopic (exact) mass is 275 g/mol. The second kappa shape index (κ2) is 9.28. The molecule has 0 saturated carbocycles. The van der Waals surface area contributed by atoms with Gasteiger partial charge in [0.1, 0.15) is 6.61 Å². The fourth-order valence-corrected chi connectivity index (χ4v) is 1.86. The van der Waals surface area contributed by atoms with Gasteiger partial charge in [0.05, 0.1) is 6.61 Å². The smallest absolute Gasteiger partial charge is 0.167 e. The van der Waals surface area contributed by atoms with Gasteiger partial charge in [-0.15, -0.1) is 6.42 Å². The van der Waals surface area contributed by atoms with E-state index in [-0.39, 0.29) is 6.61 Å². The largest absolute Gasteiger partial charge is 0.490 e. The summed E-state index contributed by atoms with van der Waals surface area (Å²) in [6, 6.07) is 5.93. The highest BCUT2D eigenvalue weighted by Gasteiger charge is 2.10. The summed E-state index contributed by atoms with van der Waals surface area (Å²) in [4.78, 5) is 0. The normalized spacial score (nSPS) is 10.3.